The number of piperazine rings is 1. The van der Waals surface area contributed by atoms with E-state index in [1.54, 1.807) is 6.08 Å². The fraction of sp³-hybridized carbons (Fsp3) is 0.727. The van der Waals surface area contributed by atoms with Crippen LogP contribution in [0.15, 0.2) is 12.7 Å². The van der Waals surface area contributed by atoms with E-state index < -0.39 is 0 Å². The van der Waals surface area contributed by atoms with Crippen LogP contribution in [-0.2, 0) is 9.53 Å². The molecular weight excluding hydrogens is 192 g/mol. The predicted octanol–water partition coefficient (Wildman–Crippen LogP) is 0.699. The molecule has 1 heterocycles. The van der Waals surface area contributed by atoms with E-state index in [0.29, 0.717) is 25.9 Å². The van der Waals surface area contributed by atoms with E-state index >= 15 is 0 Å². The molecule has 0 N–H and O–H groups in total. The zero-order valence-corrected chi connectivity index (χ0v) is 9.61. The summed E-state index contributed by atoms with van der Waals surface area (Å²) in [6, 6.07) is 0.300. The summed E-state index contributed by atoms with van der Waals surface area (Å²) in [5.41, 5.74) is 0. The van der Waals surface area contributed by atoms with Gasteiger partial charge in [-0.2, -0.15) is 0 Å². The highest BCUT2D eigenvalue weighted by molar-refractivity contribution is 5.79. The standard InChI is InChI=1S/C11H20N2O2/c1-4-7-15-9-12-5-6-13(10(2)3)11(14)8-12/h4,10H,1,5-9H2,2-3H3. The van der Waals surface area contributed by atoms with E-state index in [0.717, 1.165) is 13.1 Å². The Hall–Kier alpha value is -0.870. The van der Waals surface area contributed by atoms with Gasteiger partial charge in [-0.25, -0.2) is 0 Å². The van der Waals surface area contributed by atoms with Crippen LogP contribution in [0, 0.1) is 0 Å². The number of carbonyl (C=O) groups is 1. The first-order valence-electron chi connectivity index (χ1n) is 5.35. The summed E-state index contributed by atoms with van der Waals surface area (Å²) in [5.74, 6) is 0.193. The van der Waals surface area contributed by atoms with Gasteiger partial charge >= 0.3 is 0 Å². The molecule has 4 nitrogen and oxygen atoms in total. The molecule has 0 radical (unpaired) electrons. The van der Waals surface area contributed by atoms with Crippen molar-refractivity contribution >= 4 is 5.91 Å². The fourth-order valence-corrected chi connectivity index (χ4v) is 1.66. The molecule has 1 fully saturated rings. The molecule has 15 heavy (non-hydrogen) atoms. The highest BCUT2D eigenvalue weighted by Gasteiger charge is 2.25. The zero-order chi connectivity index (χ0) is 11.3. The maximum absolute atomic E-state index is 11.7. The molecule has 0 spiro atoms. The van der Waals surface area contributed by atoms with E-state index in [1.807, 2.05) is 23.6 Å². The third kappa shape index (κ3) is 3.64. The van der Waals surface area contributed by atoms with Crippen LogP contribution in [0.1, 0.15) is 13.8 Å². The van der Waals surface area contributed by atoms with Crippen LogP contribution in [0.3, 0.4) is 0 Å². The van der Waals surface area contributed by atoms with Gasteiger partial charge in [0.25, 0.3) is 0 Å². The number of carbonyl (C=O) groups excluding carboxylic acids is 1. The summed E-state index contributed by atoms with van der Waals surface area (Å²) in [6.45, 7) is 10.9. The van der Waals surface area contributed by atoms with E-state index in [9.17, 15) is 4.79 Å². The molecule has 0 aromatic heterocycles. The van der Waals surface area contributed by atoms with Crippen LogP contribution in [0.2, 0.25) is 0 Å². The highest BCUT2D eigenvalue weighted by Crippen LogP contribution is 2.07. The smallest absolute Gasteiger partial charge is 0.237 e. The van der Waals surface area contributed by atoms with Crippen LogP contribution < -0.4 is 0 Å². The SMILES string of the molecule is C=CCOCN1CCN(C(C)C)C(=O)C1. The summed E-state index contributed by atoms with van der Waals surface area (Å²) < 4.78 is 5.30. The zero-order valence-electron chi connectivity index (χ0n) is 9.61. The normalized spacial score (nSPS) is 18.6. The first-order valence-corrected chi connectivity index (χ1v) is 5.35. The molecule has 1 saturated heterocycles. The minimum Gasteiger partial charge on any atom is -0.362 e. The Balaban J connectivity index is 2.31. The molecule has 4 heteroatoms. The van der Waals surface area contributed by atoms with Crippen molar-refractivity contribution in [3.05, 3.63) is 12.7 Å². The minimum atomic E-state index is 0.193. The number of ether oxygens (including phenoxy) is 1. The number of hydrogen-bond donors (Lipinski definition) is 0. The molecule has 0 bridgehead atoms. The summed E-state index contributed by atoms with van der Waals surface area (Å²) >= 11 is 0. The molecule has 1 aliphatic heterocycles. The molecule has 1 rings (SSSR count). The van der Waals surface area contributed by atoms with Gasteiger partial charge in [-0.15, -0.1) is 6.58 Å². The van der Waals surface area contributed by atoms with Crippen molar-refractivity contribution in [1.29, 1.82) is 0 Å². The number of hydrogen-bond acceptors (Lipinski definition) is 3. The van der Waals surface area contributed by atoms with E-state index in [1.165, 1.54) is 0 Å². The molecule has 0 atom stereocenters. The lowest BCUT2D eigenvalue weighted by atomic mass is 10.2. The Morgan fingerprint density at radius 1 is 1.53 bits per heavy atom. The van der Waals surface area contributed by atoms with Crippen molar-refractivity contribution < 1.29 is 9.53 Å². The second-order valence-electron chi connectivity index (χ2n) is 4.02. The van der Waals surface area contributed by atoms with Gasteiger partial charge in [-0.3, -0.25) is 9.69 Å². The lowest BCUT2D eigenvalue weighted by Gasteiger charge is -2.36. The average molecular weight is 212 g/mol. The summed E-state index contributed by atoms with van der Waals surface area (Å²) in [5, 5.41) is 0. The molecule has 0 aromatic carbocycles. The molecule has 0 aromatic rings. The maximum Gasteiger partial charge on any atom is 0.237 e. The van der Waals surface area contributed by atoms with Crippen molar-refractivity contribution in [2.45, 2.75) is 19.9 Å². The lowest BCUT2D eigenvalue weighted by Crippen LogP contribution is -2.53. The van der Waals surface area contributed by atoms with E-state index in [-0.39, 0.29) is 5.91 Å². The van der Waals surface area contributed by atoms with Gasteiger partial charge in [0.1, 0.15) is 0 Å². The van der Waals surface area contributed by atoms with Gasteiger partial charge in [0, 0.05) is 19.1 Å². The van der Waals surface area contributed by atoms with Crippen molar-refractivity contribution in [2.75, 3.05) is 33.0 Å². The predicted molar refractivity (Wildman–Crippen MR) is 59.4 cm³/mol. The Morgan fingerprint density at radius 3 is 2.80 bits per heavy atom. The van der Waals surface area contributed by atoms with Gasteiger partial charge in [-0.1, -0.05) is 6.08 Å². The van der Waals surface area contributed by atoms with Crippen LogP contribution in [0.5, 0.6) is 0 Å². The Morgan fingerprint density at radius 2 is 2.27 bits per heavy atom. The van der Waals surface area contributed by atoms with E-state index in [2.05, 4.69) is 6.58 Å². The first-order chi connectivity index (χ1) is 7.15. The fourth-order valence-electron chi connectivity index (χ4n) is 1.66. The molecule has 1 aliphatic rings. The van der Waals surface area contributed by atoms with Gasteiger partial charge in [0.05, 0.1) is 19.9 Å². The van der Waals surface area contributed by atoms with E-state index in [4.69, 9.17) is 4.74 Å². The minimum absolute atomic E-state index is 0.193. The molecule has 1 amide bonds. The van der Waals surface area contributed by atoms with Gasteiger partial charge in [0.2, 0.25) is 5.91 Å². The molecule has 0 unspecified atom stereocenters. The van der Waals surface area contributed by atoms with Crippen LogP contribution in [0.25, 0.3) is 0 Å². The molecule has 0 saturated carbocycles. The Kier molecular flexibility index (Phi) is 4.78. The van der Waals surface area contributed by atoms with Crippen molar-refractivity contribution in [2.24, 2.45) is 0 Å². The quantitative estimate of drug-likeness (QED) is 0.497. The highest BCUT2D eigenvalue weighted by atomic mass is 16.5. The molecular formula is C11H20N2O2. The second kappa shape index (κ2) is 5.88. The van der Waals surface area contributed by atoms with Gasteiger partial charge < -0.3 is 9.64 Å². The Labute approximate surface area is 91.5 Å². The van der Waals surface area contributed by atoms with Crippen LogP contribution in [-0.4, -0.2) is 54.7 Å². The number of amides is 1. The second-order valence-corrected chi connectivity index (χ2v) is 4.02. The third-order valence-electron chi connectivity index (χ3n) is 2.47. The van der Waals surface area contributed by atoms with Crippen molar-refractivity contribution in [1.82, 2.24) is 9.80 Å². The Bertz CT molecular complexity index is 229. The number of nitrogens with zero attached hydrogens (tertiary/aromatic N) is 2. The van der Waals surface area contributed by atoms with Gasteiger partial charge in [0.15, 0.2) is 0 Å². The summed E-state index contributed by atoms with van der Waals surface area (Å²) in [7, 11) is 0. The average Bonchev–Trinajstić information content (AvgIpc) is 2.17. The van der Waals surface area contributed by atoms with Crippen molar-refractivity contribution in [3.63, 3.8) is 0 Å². The van der Waals surface area contributed by atoms with Crippen LogP contribution in [0.4, 0.5) is 0 Å². The largest absolute Gasteiger partial charge is 0.362 e. The topological polar surface area (TPSA) is 32.8 Å². The summed E-state index contributed by atoms with van der Waals surface area (Å²) in [4.78, 5) is 15.6. The van der Waals surface area contributed by atoms with Gasteiger partial charge in [-0.05, 0) is 13.8 Å². The lowest BCUT2D eigenvalue weighted by molar-refractivity contribution is -0.140. The third-order valence-corrected chi connectivity index (χ3v) is 2.47. The monoisotopic (exact) mass is 212 g/mol. The van der Waals surface area contributed by atoms with Crippen molar-refractivity contribution in [3.8, 4) is 0 Å². The first kappa shape index (κ1) is 12.2. The molecule has 86 valence electrons. The van der Waals surface area contributed by atoms with Crippen LogP contribution >= 0.6 is 0 Å². The maximum atomic E-state index is 11.7. The molecule has 0 aliphatic carbocycles. The number of rotatable bonds is 5. The summed E-state index contributed by atoms with van der Waals surface area (Å²) in [6.07, 6.45) is 1.71.